The molecule has 1 aromatic carbocycles. The first kappa shape index (κ1) is 12.8. The summed E-state index contributed by atoms with van der Waals surface area (Å²) in [6.07, 6.45) is 1.92. The first-order valence-corrected chi connectivity index (χ1v) is 6.50. The number of pyridine rings is 1. The highest BCUT2D eigenvalue weighted by Crippen LogP contribution is 2.28. The van der Waals surface area contributed by atoms with Crippen molar-refractivity contribution in [3.8, 4) is 0 Å². The number of fused-ring (bicyclic) bond motifs is 1. The van der Waals surface area contributed by atoms with Gasteiger partial charge in [-0.15, -0.1) is 0 Å². The van der Waals surface area contributed by atoms with E-state index in [1.54, 1.807) is 0 Å². The lowest BCUT2D eigenvalue weighted by molar-refractivity contribution is 0.629. The molecule has 0 unspecified atom stereocenters. The number of rotatable bonds is 4. The summed E-state index contributed by atoms with van der Waals surface area (Å²) < 4.78 is 13.3. The summed E-state index contributed by atoms with van der Waals surface area (Å²) in [4.78, 5) is 4.54. The van der Waals surface area contributed by atoms with Crippen molar-refractivity contribution in [2.24, 2.45) is 0 Å². The second kappa shape index (κ2) is 5.34. The van der Waals surface area contributed by atoms with Gasteiger partial charge in [0.05, 0.1) is 5.52 Å². The lowest BCUT2D eigenvalue weighted by Gasteiger charge is -2.15. The molecule has 0 bridgehead atoms. The van der Waals surface area contributed by atoms with Crippen LogP contribution in [0.1, 0.15) is 31.5 Å². The molecule has 0 amide bonds. The van der Waals surface area contributed by atoms with E-state index in [2.05, 4.69) is 31.1 Å². The van der Waals surface area contributed by atoms with Gasteiger partial charge in [-0.1, -0.05) is 13.8 Å². The summed E-state index contributed by atoms with van der Waals surface area (Å²) in [6, 6.07) is 4.80. The van der Waals surface area contributed by atoms with E-state index in [1.807, 2.05) is 6.07 Å². The Morgan fingerprint density at radius 2 is 2.06 bits per heavy atom. The lowest BCUT2D eigenvalue weighted by Crippen LogP contribution is -2.06. The van der Waals surface area contributed by atoms with Gasteiger partial charge in [0, 0.05) is 29.4 Å². The predicted molar refractivity (Wildman–Crippen MR) is 74.6 cm³/mol. The van der Waals surface area contributed by atoms with Crippen LogP contribution in [-0.2, 0) is 6.42 Å². The first-order valence-electron chi connectivity index (χ1n) is 6.50. The molecule has 1 heterocycles. The van der Waals surface area contributed by atoms with E-state index < -0.39 is 0 Å². The van der Waals surface area contributed by atoms with Gasteiger partial charge in [0.25, 0.3) is 0 Å². The number of hydrogen-bond donors (Lipinski definition) is 1. The molecule has 2 nitrogen and oxygen atoms in total. The number of aryl methyl sites for hydroxylation is 1. The fourth-order valence-corrected chi connectivity index (χ4v) is 2.21. The van der Waals surface area contributed by atoms with Crippen LogP contribution in [0, 0.1) is 12.7 Å². The van der Waals surface area contributed by atoms with E-state index in [1.165, 1.54) is 17.7 Å². The third-order valence-corrected chi connectivity index (χ3v) is 3.18. The summed E-state index contributed by atoms with van der Waals surface area (Å²) in [7, 11) is 0. The van der Waals surface area contributed by atoms with Gasteiger partial charge in [-0.3, -0.25) is 4.98 Å². The normalized spacial score (nSPS) is 10.9. The van der Waals surface area contributed by atoms with E-state index in [-0.39, 0.29) is 5.82 Å². The number of hydrogen-bond acceptors (Lipinski definition) is 2. The minimum absolute atomic E-state index is 0.234. The topological polar surface area (TPSA) is 24.9 Å². The highest BCUT2D eigenvalue weighted by atomic mass is 19.1. The smallest absolute Gasteiger partial charge is 0.125 e. The monoisotopic (exact) mass is 246 g/mol. The quantitative estimate of drug-likeness (QED) is 0.879. The van der Waals surface area contributed by atoms with Gasteiger partial charge in [0.1, 0.15) is 5.82 Å². The molecule has 0 saturated heterocycles. The largest absolute Gasteiger partial charge is 0.384 e. The summed E-state index contributed by atoms with van der Waals surface area (Å²) in [6.45, 7) is 7.20. The Hall–Kier alpha value is -1.64. The molecule has 0 atom stereocenters. The van der Waals surface area contributed by atoms with Gasteiger partial charge in [0.2, 0.25) is 0 Å². The van der Waals surface area contributed by atoms with Crippen molar-refractivity contribution in [2.45, 2.75) is 33.6 Å². The SMILES string of the molecule is CCCNc1c(C)c(CC)nc2cc(F)ccc12. The zero-order chi connectivity index (χ0) is 13.1. The molecule has 18 heavy (non-hydrogen) atoms. The maximum Gasteiger partial charge on any atom is 0.125 e. The molecule has 0 aliphatic rings. The molecular weight excluding hydrogens is 227 g/mol. The van der Waals surface area contributed by atoms with Crippen LogP contribution in [0.15, 0.2) is 18.2 Å². The molecule has 0 saturated carbocycles. The van der Waals surface area contributed by atoms with Gasteiger partial charge in [-0.25, -0.2) is 4.39 Å². The van der Waals surface area contributed by atoms with Gasteiger partial charge >= 0.3 is 0 Å². The molecule has 1 aromatic heterocycles. The minimum Gasteiger partial charge on any atom is -0.384 e. The molecule has 0 aliphatic heterocycles. The highest BCUT2D eigenvalue weighted by molar-refractivity contribution is 5.93. The van der Waals surface area contributed by atoms with Crippen molar-refractivity contribution in [3.05, 3.63) is 35.3 Å². The zero-order valence-corrected chi connectivity index (χ0v) is 11.2. The minimum atomic E-state index is -0.234. The van der Waals surface area contributed by atoms with Crippen molar-refractivity contribution in [3.63, 3.8) is 0 Å². The van der Waals surface area contributed by atoms with Gasteiger partial charge in [-0.2, -0.15) is 0 Å². The second-order valence-electron chi connectivity index (χ2n) is 4.50. The van der Waals surface area contributed by atoms with Crippen LogP contribution in [-0.4, -0.2) is 11.5 Å². The van der Waals surface area contributed by atoms with Crippen molar-refractivity contribution < 1.29 is 4.39 Å². The third-order valence-electron chi connectivity index (χ3n) is 3.18. The molecule has 2 aromatic rings. The Labute approximate surface area is 107 Å². The summed E-state index contributed by atoms with van der Waals surface area (Å²) in [5.41, 5.74) is 4.03. The van der Waals surface area contributed by atoms with Crippen LogP contribution in [0.25, 0.3) is 10.9 Å². The summed E-state index contributed by atoms with van der Waals surface area (Å²) in [5.74, 6) is -0.234. The molecule has 96 valence electrons. The van der Waals surface area contributed by atoms with Crippen molar-refractivity contribution in [1.29, 1.82) is 0 Å². The molecular formula is C15H19FN2. The van der Waals surface area contributed by atoms with E-state index in [0.29, 0.717) is 0 Å². The van der Waals surface area contributed by atoms with Crippen LogP contribution in [0.3, 0.4) is 0 Å². The van der Waals surface area contributed by atoms with Crippen molar-refractivity contribution in [1.82, 2.24) is 4.98 Å². The van der Waals surface area contributed by atoms with Crippen LogP contribution in [0.2, 0.25) is 0 Å². The molecule has 2 rings (SSSR count). The van der Waals surface area contributed by atoms with Gasteiger partial charge in [0.15, 0.2) is 0 Å². The Bertz CT molecular complexity index is 564. The Kier molecular flexibility index (Phi) is 3.80. The van der Waals surface area contributed by atoms with Crippen molar-refractivity contribution in [2.75, 3.05) is 11.9 Å². The Morgan fingerprint density at radius 1 is 1.28 bits per heavy atom. The highest BCUT2D eigenvalue weighted by Gasteiger charge is 2.10. The predicted octanol–water partition coefficient (Wildman–Crippen LogP) is 4.07. The van der Waals surface area contributed by atoms with Crippen LogP contribution >= 0.6 is 0 Å². The first-order chi connectivity index (χ1) is 8.67. The molecule has 3 heteroatoms. The number of halogens is 1. The van der Waals surface area contributed by atoms with E-state index >= 15 is 0 Å². The van der Waals surface area contributed by atoms with E-state index in [0.717, 1.165) is 41.7 Å². The van der Waals surface area contributed by atoms with Crippen LogP contribution in [0.5, 0.6) is 0 Å². The Balaban J connectivity index is 2.65. The Morgan fingerprint density at radius 3 is 2.72 bits per heavy atom. The lowest BCUT2D eigenvalue weighted by atomic mass is 10.1. The number of anilines is 1. The maximum absolute atomic E-state index is 13.3. The second-order valence-corrected chi connectivity index (χ2v) is 4.50. The average molecular weight is 246 g/mol. The van der Waals surface area contributed by atoms with E-state index in [4.69, 9.17) is 0 Å². The number of nitrogens with one attached hydrogen (secondary N) is 1. The number of benzene rings is 1. The fourth-order valence-electron chi connectivity index (χ4n) is 2.21. The number of nitrogens with zero attached hydrogens (tertiary/aromatic N) is 1. The van der Waals surface area contributed by atoms with Gasteiger partial charge in [-0.05, 0) is 37.5 Å². The fraction of sp³-hybridized carbons (Fsp3) is 0.400. The molecule has 0 spiro atoms. The maximum atomic E-state index is 13.3. The van der Waals surface area contributed by atoms with Crippen LogP contribution in [0.4, 0.5) is 10.1 Å². The molecule has 0 radical (unpaired) electrons. The number of aromatic nitrogens is 1. The third kappa shape index (κ3) is 2.30. The van der Waals surface area contributed by atoms with Gasteiger partial charge < -0.3 is 5.32 Å². The molecule has 1 N–H and O–H groups in total. The summed E-state index contributed by atoms with van der Waals surface area (Å²) >= 11 is 0. The standard InChI is InChI=1S/C15H19FN2/c1-4-8-17-15-10(3)13(5-2)18-14-9-11(16)6-7-12(14)15/h6-7,9H,4-5,8H2,1-3H3,(H,17,18). The van der Waals surface area contributed by atoms with Crippen LogP contribution < -0.4 is 5.32 Å². The summed E-state index contributed by atoms with van der Waals surface area (Å²) in [5, 5.41) is 4.44. The molecule has 0 aliphatic carbocycles. The zero-order valence-electron chi connectivity index (χ0n) is 11.2. The average Bonchev–Trinajstić information content (AvgIpc) is 2.37. The molecule has 0 fully saturated rings. The van der Waals surface area contributed by atoms with Crippen molar-refractivity contribution >= 4 is 16.6 Å². The van der Waals surface area contributed by atoms with E-state index in [9.17, 15) is 4.39 Å².